The van der Waals surface area contributed by atoms with Gasteiger partial charge < -0.3 is 10.2 Å². The van der Waals surface area contributed by atoms with E-state index in [0.717, 1.165) is 23.6 Å². The summed E-state index contributed by atoms with van der Waals surface area (Å²) in [7, 11) is 0. The van der Waals surface area contributed by atoms with E-state index in [0.29, 0.717) is 0 Å². The van der Waals surface area contributed by atoms with Crippen molar-refractivity contribution in [3.8, 4) is 44.5 Å². The standard InChI is InChI=1S/C60H44N2/c1-5-16-43(17-6-1)44-27-32-51(33-28-44)62(52-34-29-46(30-35-52)55-26-14-13-25-54(55)45-18-7-2-8-19-45)53-36-38-57-56-37-31-47(48-20-15-39-61-42-48)40-58(56)60(59(57)41-53,49-21-9-3-10-22-49)50-23-11-4-12-24-50/h1-38,40-42,61H,39H2. The predicted octanol–water partition coefficient (Wildman–Crippen LogP) is 15.0. The van der Waals surface area contributed by atoms with Crippen LogP contribution in [0.15, 0.2) is 249 Å². The third kappa shape index (κ3) is 6.45. The number of dihydropyridines is 1. The van der Waals surface area contributed by atoms with Gasteiger partial charge in [0.2, 0.25) is 0 Å². The van der Waals surface area contributed by atoms with Gasteiger partial charge in [0.05, 0.1) is 5.41 Å². The lowest BCUT2D eigenvalue weighted by molar-refractivity contribution is 0.768. The summed E-state index contributed by atoms with van der Waals surface area (Å²) in [4.78, 5) is 2.42. The minimum Gasteiger partial charge on any atom is -0.387 e. The number of hydrogen-bond acceptors (Lipinski definition) is 2. The molecule has 1 heterocycles. The van der Waals surface area contributed by atoms with Crippen LogP contribution in [0.1, 0.15) is 27.8 Å². The molecule has 0 saturated carbocycles. The van der Waals surface area contributed by atoms with Crippen LogP contribution in [0, 0.1) is 0 Å². The summed E-state index contributed by atoms with van der Waals surface area (Å²) >= 11 is 0. The zero-order valence-corrected chi connectivity index (χ0v) is 34.3. The monoisotopic (exact) mass is 792 g/mol. The highest BCUT2D eigenvalue weighted by Crippen LogP contribution is 2.58. The highest BCUT2D eigenvalue weighted by Gasteiger charge is 2.46. The SMILES string of the molecule is C1=CC(c2ccc3c(c2)C(c2ccccc2)(c2ccccc2)c2cc(N(c4ccc(-c5ccccc5)cc4)c4ccc(-c5ccccc5-c5ccccc5)cc4)ccc2-3)=CNC1. The van der Waals surface area contributed by atoms with Gasteiger partial charge in [-0.15, -0.1) is 0 Å². The van der Waals surface area contributed by atoms with Crippen LogP contribution < -0.4 is 10.2 Å². The summed E-state index contributed by atoms with van der Waals surface area (Å²) in [6, 6.07) is 84.5. The number of benzene rings is 9. The summed E-state index contributed by atoms with van der Waals surface area (Å²) in [5.74, 6) is 0. The number of rotatable bonds is 9. The molecule has 1 N–H and O–H groups in total. The van der Waals surface area contributed by atoms with Gasteiger partial charge in [-0.25, -0.2) is 0 Å². The van der Waals surface area contributed by atoms with Crippen LogP contribution in [0.5, 0.6) is 0 Å². The first kappa shape index (κ1) is 37.1. The highest BCUT2D eigenvalue weighted by atomic mass is 15.1. The smallest absolute Gasteiger partial charge is 0.0714 e. The molecule has 294 valence electrons. The predicted molar refractivity (Wildman–Crippen MR) is 260 cm³/mol. The van der Waals surface area contributed by atoms with Crippen LogP contribution in [0.4, 0.5) is 17.1 Å². The summed E-state index contributed by atoms with van der Waals surface area (Å²) in [6.45, 7) is 0.843. The van der Waals surface area contributed by atoms with Crippen LogP contribution in [0.25, 0.3) is 50.1 Å². The Labute approximate surface area is 364 Å². The van der Waals surface area contributed by atoms with Crippen molar-refractivity contribution in [2.45, 2.75) is 5.41 Å². The molecule has 9 aromatic rings. The lowest BCUT2D eigenvalue weighted by atomic mass is 9.67. The maximum atomic E-state index is 3.43. The third-order valence-corrected chi connectivity index (χ3v) is 12.6. The lowest BCUT2D eigenvalue weighted by Crippen LogP contribution is -2.29. The second-order valence-corrected chi connectivity index (χ2v) is 16.1. The highest BCUT2D eigenvalue weighted by molar-refractivity contribution is 5.92. The van der Waals surface area contributed by atoms with Gasteiger partial charge in [0.15, 0.2) is 0 Å². The molecule has 0 amide bonds. The molecule has 2 heteroatoms. The number of anilines is 3. The molecule has 0 atom stereocenters. The van der Waals surface area contributed by atoms with E-state index < -0.39 is 5.41 Å². The summed E-state index contributed by atoms with van der Waals surface area (Å²) < 4.78 is 0. The van der Waals surface area contributed by atoms with Crippen LogP contribution in [-0.2, 0) is 5.41 Å². The van der Waals surface area contributed by atoms with Crippen molar-refractivity contribution in [3.05, 3.63) is 277 Å². The van der Waals surface area contributed by atoms with Gasteiger partial charge in [0, 0.05) is 29.8 Å². The first-order valence-electron chi connectivity index (χ1n) is 21.5. The quantitative estimate of drug-likeness (QED) is 0.157. The summed E-state index contributed by atoms with van der Waals surface area (Å²) in [5, 5.41) is 3.43. The largest absolute Gasteiger partial charge is 0.387 e. The van der Waals surface area contributed by atoms with Crippen LogP contribution in [0.3, 0.4) is 0 Å². The fourth-order valence-corrected chi connectivity index (χ4v) is 9.72. The van der Waals surface area contributed by atoms with Crippen molar-refractivity contribution >= 4 is 22.6 Å². The molecular weight excluding hydrogens is 749 g/mol. The van der Waals surface area contributed by atoms with Gasteiger partial charge in [0.1, 0.15) is 0 Å². The summed E-state index contributed by atoms with van der Waals surface area (Å²) in [6.07, 6.45) is 6.57. The van der Waals surface area contributed by atoms with E-state index in [1.165, 1.54) is 77.9 Å². The van der Waals surface area contributed by atoms with Crippen LogP contribution in [0.2, 0.25) is 0 Å². The van der Waals surface area contributed by atoms with E-state index in [1.807, 2.05) is 0 Å². The Morgan fingerprint density at radius 1 is 0.355 bits per heavy atom. The van der Waals surface area contributed by atoms with Gasteiger partial charge >= 0.3 is 0 Å². The number of hydrogen-bond donors (Lipinski definition) is 1. The Morgan fingerprint density at radius 3 is 1.35 bits per heavy atom. The van der Waals surface area contributed by atoms with E-state index in [1.54, 1.807) is 0 Å². The van der Waals surface area contributed by atoms with Crippen molar-refractivity contribution in [3.63, 3.8) is 0 Å². The van der Waals surface area contributed by atoms with Crippen molar-refractivity contribution in [2.24, 2.45) is 0 Å². The van der Waals surface area contributed by atoms with Crippen molar-refractivity contribution in [1.29, 1.82) is 0 Å². The Morgan fingerprint density at radius 2 is 0.790 bits per heavy atom. The molecule has 2 nitrogen and oxygen atoms in total. The minimum atomic E-state index is -0.570. The molecule has 0 saturated heterocycles. The number of allylic oxidation sites excluding steroid dienone is 2. The molecule has 0 bridgehead atoms. The zero-order chi connectivity index (χ0) is 41.3. The number of fused-ring (bicyclic) bond motifs is 3. The van der Waals surface area contributed by atoms with Gasteiger partial charge in [-0.2, -0.15) is 0 Å². The van der Waals surface area contributed by atoms with E-state index in [-0.39, 0.29) is 0 Å². The molecule has 11 rings (SSSR count). The second-order valence-electron chi connectivity index (χ2n) is 16.1. The number of nitrogens with one attached hydrogen (secondary N) is 1. The number of nitrogens with zero attached hydrogens (tertiary/aromatic N) is 1. The molecule has 0 radical (unpaired) electrons. The Bertz CT molecular complexity index is 3040. The van der Waals surface area contributed by atoms with Crippen molar-refractivity contribution in [2.75, 3.05) is 11.4 Å². The Kier molecular flexibility index (Phi) is 9.52. The fraction of sp³-hybridized carbons (Fsp3) is 0.0333. The zero-order valence-electron chi connectivity index (χ0n) is 34.3. The van der Waals surface area contributed by atoms with E-state index in [2.05, 4.69) is 259 Å². The molecule has 1 aliphatic heterocycles. The Balaban J connectivity index is 1.11. The van der Waals surface area contributed by atoms with E-state index >= 15 is 0 Å². The second kappa shape index (κ2) is 15.9. The third-order valence-electron chi connectivity index (χ3n) is 12.6. The average molecular weight is 793 g/mol. The van der Waals surface area contributed by atoms with Gasteiger partial charge in [-0.1, -0.05) is 200 Å². The molecule has 0 unspecified atom stereocenters. The minimum absolute atomic E-state index is 0.570. The maximum Gasteiger partial charge on any atom is 0.0714 e. The van der Waals surface area contributed by atoms with E-state index in [4.69, 9.17) is 0 Å². The van der Waals surface area contributed by atoms with E-state index in [9.17, 15) is 0 Å². The first-order chi connectivity index (χ1) is 30.8. The van der Waals surface area contributed by atoms with Crippen LogP contribution in [-0.4, -0.2) is 6.54 Å². The molecule has 0 aromatic heterocycles. The fourth-order valence-electron chi connectivity index (χ4n) is 9.72. The molecule has 62 heavy (non-hydrogen) atoms. The average Bonchev–Trinajstić information content (AvgIpc) is 3.65. The maximum absolute atomic E-state index is 3.43. The lowest BCUT2D eigenvalue weighted by Gasteiger charge is -2.35. The van der Waals surface area contributed by atoms with Gasteiger partial charge in [-0.05, 0) is 120 Å². The van der Waals surface area contributed by atoms with Crippen molar-refractivity contribution in [1.82, 2.24) is 5.32 Å². The van der Waals surface area contributed by atoms with Gasteiger partial charge in [0.25, 0.3) is 0 Å². The molecule has 0 fully saturated rings. The van der Waals surface area contributed by atoms with Crippen molar-refractivity contribution < 1.29 is 0 Å². The first-order valence-corrected chi connectivity index (χ1v) is 21.5. The Hall–Kier alpha value is -7.94. The molecule has 9 aromatic carbocycles. The summed E-state index contributed by atoms with van der Waals surface area (Å²) in [5.41, 5.74) is 19.9. The van der Waals surface area contributed by atoms with Crippen LogP contribution >= 0.6 is 0 Å². The molecular formula is C60H44N2. The van der Waals surface area contributed by atoms with Gasteiger partial charge in [-0.3, -0.25) is 0 Å². The molecule has 0 spiro atoms. The topological polar surface area (TPSA) is 15.3 Å². The molecule has 2 aliphatic rings. The normalized spacial score (nSPS) is 13.4. The molecule has 1 aliphatic carbocycles.